The molecule has 1 unspecified atom stereocenters. The van der Waals surface area contributed by atoms with E-state index in [9.17, 15) is 19.6 Å². The molecule has 0 aliphatic heterocycles. The number of carboxylic acid groups (broad SMARTS) is 2. The molecular weight excluding hydrogens is 290 g/mol. The number of carboxylic acids is 2. The quantitative estimate of drug-likeness (QED) is 0.469. The Bertz CT molecular complexity index is 516. The lowest BCUT2D eigenvalue weighted by Crippen LogP contribution is -2.32. The summed E-state index contributed by atoms with van der Waals surface area (Å²) in [5.74, 6) is -3.65. The molecule has 7 heteroatoms. The van der Waals surface area contributed by atoms with Crippen molar-refractivity contribution in [2.45, 2.75) is 25.7 Å². The van der Waals surface area contributed by atoms with Crippen molar-refractivity contribution < 1.29 is 29.8 Å². The molecule has 1 amide bonds. The molecule has 0 bridgehead atoms. The van der Waals surface area contributed by atoms with Crippen LogP contribution in [0.3, 0.4) is 0 Å². The van der Waals surface area contributed by atoms with Crippen molar-refractivity contribution in [1.29, 1.82) is 0 Å². The monoisotopic (exact) mass is 309 g/mol. The van der Waals surface area contributed by atoms with Gasteiger partial charge >= 0.3 is 11.9 Å². The Balaban J connectivity index is 2.45. The van der Waals surface area contributed by atoms with E-state index in [1.807, 2.05) is 6.07 Å². The fourth-order valence-electron chi connectivity index (χ4n) is 1.95. The Labute approximate surface area is 127 Å². The smallest absolute Gasteiger partial charge is 0.306 e. The highest BCUT2D eigenvalue weighted by atomic mass is 16.5. The Kier molecular flexibility index (Phi) is 7.04. The number of hydroxylamine groups is 2. The van der Waals surface area contributed by atoms with Gasteiger partial charge in [-0.2, -0.15) is 0 Å². The van der Waals surface area contributed by atoms with Crippen molar-refractivity contribution in [3.05, 3.63) is 35.9 Å². The van der Waals surface area contributed by atoms with Crippen LogP contribution in [0.15, 0.2) is 30.3 Å². The first kappa shape index (κ1) is 17.6. The molecule has 1 rings (SSSR count). The SMILES string of the molecule is O=C(O)CCC(CCN(O)C(=O)Cc1ccccc1)C(=O)O. The number of hydrogen-bond acceptors (Lipinski definition) is 4. The fraction of sp³-hybridized carbons (Fsp3) is 0.400. The highest BCUT2D eigenvalue weighted by Crippen LogP contribution is 2.13. The standard InChI is InChI=1S/C15H19NO6/c17-13(10-11-4-2-1-3-5-11)16(22)9-8-12(15(20)21)6-7-14(18)19/h1-5,12,22H,6-10H2,(H,18,19)(H,20,21). The van der Waals surface area contributed by atoms with E-state index in [4.69, 9.17) is 10.2 Å². The van der Waals surface area contributed by atoms with E-state index in [1.165, 1.54) is 0 Å². The number of amides is 1. The van der Waals surface area contributed by atoms with E-state index in [0.717, 1.165) is 5.56 Å². The highest BCUT2D eigenvalue weighted by molar-refractivity contribution is 5.77. The molecule has 0 spiro atoms. The lowest BCUT2D eigenvalue weighted by atomic mass is 9.99. The van der Waals surface area contributed by atoms with Crippen LogP contribution < -0.4 is 0 Å². The van der Waals surface area contributed by atoms with Crippen molar-refractivity contribution in [2.75, 3.05) is 6.54 Å². The molecule has 0 aliphatic rings. The van der Waals surface area contributed by atoms with Crippen LogP contribution in [0.2, 0.25) is 0 Å². The van der Waals surface area contributed by atoms with Gasteiger partial charge in [0.25, 0.3) is 0 Å². The first-order valence-corrected chi connectivity index (χ1v) is 6.88. The number of carbonyl (C=O) groups is 3. The summed E-state index contributed by atoms with van der Waals surface area (Å²) in [7, 11) is 0. The van der Waals surface area contributed by atoms with Gasteiger partial charge in [-0.25, -0.2) is 5.06 Å². The summed E-state index contributed by atoms with van der Waals surface area (Å²) in [6.07, 6.45) is -0.282. The second-order valence-corrected chi connectivity index (χ2v) is 4.94. The number of hydrogen-bond donors (Lipinski definition) is 3. The molecule has 1 aromatic rings. The Morgan fingerprint density at radius 1 is 1.05 bits per heavy atom. The van der Waals surface area contributed by atoms with Crippen molar-refractivity contribution >= 4 is 17.8 Å². The topological polar surface area (TPSA) is 115 Å². The fourth-order valence-corrected chi connectivity index (χ4v) is 1.95. The predicted octanol–water partition coefficient (Wildman–Crippen LogP) is 1.40. The van der Waals surface area contributed by atoms with E-state index in [2.05, 4.69) is 0 Å². The van der Waals surface area contributed by atoms with Gasteiger partial charge in [0.2, 0.25) is 5.91 Å². The minimum absolute atomic E-state index is 0.000354. The maximum Gasteiger partial charge on any atom is 0.306 e. The molecular formula is C15H19NO6. The molecule has 7 nitrogen and oxygen atoms in total. The van der Waals surface area contributed by atoms with Crippen LogP contribution in [0.5, 0.6) is 0 Å². The zero-order valence-corrected chi connectivity index (χ0v) is 12.0. The van der Waals surface area contributed by atoms with Crippen molar-refractivity contribution in [2.24, 2.45) is 5.92 Å². The van der Waals surface area contributed by atoms with E-state index >= 15 is 0 Å². The molecule has 0 saturated carbocycles. The van der Waals surface area contributed by atoms with Crippen LogP contribution in [0.25, 0.3) is 0 Å². The van der Waals surface area contributed by atoms with Gasteiger partial charge in [0.1, 0.15) is 0 Å². The average molecular weight is 309 g/mol. The van der Waals surface area contributed by atoms with Gasteiger partial charge in [0, 0.05) is 13.0 Å². The maximum absolute atomic E-state index is 11.8. The summed E-state index contributed by atoms with van der Waals surface area (Å²) in [6.45, 7) is -0.151. The average Bonchev–Trinajstić information content (AvgIpc) is 2.47. The molecule has 1 atom stereocenters. The van der Waals surface area contributed by atoms with Gasteiger partial charge in [-0.15, -0.1) is 0 Å². The van der Waals surface area contributed by atoms with Crippen molar-refractivity contribution in [3.8, 4) is 0 Å². The minimum Gasteiger partial charge on any atom is -0.481 e. The van der Waals surface area contributed by atoms with Gasteiger partial charge < -0.3 is 10.2 Å². The summed E-state index contributed by atoms with van der Waals surface area (Å²) >= 11 is 0. The Hall–Kier alpha value is -2.41. The van der Waals surface area contributed by atoms with E-state index in [-0.39, 0.29) is 32.2 Å². The zero-order valence-electron chi connectivity index (χ0n) is 12.0. The Morgan fingerprint density at radius 2 is 1.68 bits per heavy atom. The molecule has 0 heterocycles. The normalized spacial score (nSPS) is 11.7. The number of nitrogens with zero attached hydrogens (tertiary/aromatic N) is 1. The second kappa shape index (κ2) is 8.78. The van der Waals surface area contributed by atoms with Crippen molar-refractivity contribution in [1.82, 2.24) is 5.06 Å². The summed E-state index contributed by atoms with van der Waals surface area (Å²) in [4.78, 5) is 33.3. The van der Waals surface area contributed by atoms with Crippen molar-refractivity contribution in [3.63, 3.8) is 0 Å². The molecule has 120 valence electrons. The van der Waals surface area contributed by atoms with Crippen LogP contribution in [0.1, 0.15) is 24.8 Å². The molecule has 0 radical (unpaired) electrons. The summed E-state index contributed by atoms with van der Waals surface area (Å²) in [5, 5.41) is 27.7. The predicted molar refractivity (Wildman–Crippen MR) is 76.3 cm³/mol. The van der Waals surface area contributed by atoms with Gasteiger partial charge in [0.05, 0.1) is 12.3 Å². The number of benzene rings is 1. The lowest BCUT2D eigenvalue weighted by molar-refractivity contribution is -0.166. The van der Waals surface area contributed by atoms with E-state index in [0.29, 0.717) is 5.06 Å². The highest BCUT2D eigenvalue weighted by Gasteiger charge is 2.21. The third-order valence-corrected chi connectivity index (χ3v) is 3.23. The van der Waals surface area contributed by atoms with Gasteiger partial charge in [-0.3, -0.25) is 19.6 Å². The first-order valence-electron chi connectivity index (χ1n) is 6.88. The Morgan fingerprint density at radius 3 is 2.23 bits per heavy atom. The van der Waals surface area contributed by atoms with Crippen LogP contribution in [-0.2, 0) is 20.8 Å². The van der Waals surface area contributed by atoms with Crippen LogP contribution in [-0.4, -0.2) is 44.9 Å². The largest absolute Gasteiger partial charge is 0.481 e. The van der Waals surface area contributed by atoms with Crippen LogP contribution >= 0.6 is 0 Å². The molecule has 0 aromatic heterocycles. The number of carbonyl (C=O) groups excluding carboxylic acids is 1. The summed E-state index contributed by atoms with van der Waals surface area (Å²) in [6, 6.07) is 8.86. The van der Waals surface area contributed by atoms with Gasteiger partial charge in [-0.1, -0.05) is 30.3 Å². The number of aliphatic carboxylic acids is 2. The van der Waals surface area contributed by atoms with E-state index < -0.39 is 23.8 Å². The summed E-state index contributed by atoms with van der Waals surface area (Å²) in [5.41, 5.74) is 0.743. The van der Waals surface area contributed by atoms with E-state index in [1.54, 1.807) is 24.3 Å². The molecule has 1 aromatic carbocycles. The maximum atomic E-state index is 11.8. The van der Waals surface area contributed by atoms with Crippen LogP contribution in [0.4, 0.5) is 0 Å². The third-order valence-electron chi connectivity index (χ3n) is 3.23. The second-order valence-electron chi connectivity index (χ2n) is 4.94. The molecule has 3 N–H and O–H groups in total. The zero-order chi connectivity index (χ0) is 16.5. The van der Waals surface area contributed by atoms with Gasteiger partial charge in [0.15, 0.2) is 0 Å². The summed E-state index contributed by atoms with van der Waals surface area (Å²) < 4.78 is 0. The molecule has 0 aliphatic carbocycles. The first-order chi connectivity index (χ1) is 10.4. The molecule has 0 fully saturated rings. The molecule has 22 heavy (non-hydrogen) atoms. The lowest BCUT2D eigenvalue weighted by Gasteiger charge is -2.17. The number of rotatable bonds is 9. The minimum atomic E-state index is -1.13. The van der Waals surface area contributed by atoms with Gasteiger partial charge in [-0.05, 0) is 18.4 Å². The third kappa shape index (κ3) is 6.36. The van der Waals surface area contributed by atoms with Crippen LogP contribution in [0, 0.1) is 5.92 Å². The molecule has 0 saturated heterocycles.